The smallest absolute Gasteiger partial charge is 0.314 e. The molecule has 2 amide bonds. The molecular weight excluding hydrogens is 580 g/mol. The van der Waals surface area contributed by atoms with E-state index in [-0.39, 0.29) is 16.9 Å². The molecule has 182 valence electrons. The Kier molecular flexibility index (Phi) is 7.54. The van der Waals surface area contributed by atoms with Gasteiger partial charge in [-0.2, -0.15) is 0 Å². The van der Waals surface area contributed by atoms with Gasteiger partial charge in [0.2, 0.25) is 0 Å². The second-order valence-electron chi connectivity index (χ2n) is 9.89. The minimum atomic E-state index is -0.279. The average Bonchev–Trinajstić information content (AvgIpc) is 3.10. The van der Waals surface area contributed by atoms with E-state index in [1.165, 1.54) is 35.2 Å². The summed E-state index contributed by atoms with van der Waals surface area (Å²) in [5.74, 6) is 1.40. The van der Waals surface area contributed by atoms with Gasteiger partial charge < -0.3 is 10.6 Å². The molecule has 1 aliphatic carbocycles. The number of likely N-dealkylation sites (tertiary alicyclic amines) is 2. The van der Waals surface area contributed by atoms with E-state index in [4.69, 9.17) is 22.3 Å². The molecule has 2 fully saturated rings. The zero-order chi connectivity index (χ0) is 23.8. The number of allylic oxidation sites excluding steroid dienone is 3. The van der Waals surface area contributed by atoms with Gasteiger partial charge in [0, 0.05) is 28.8 Å². The summed E-state index contributed by atoms with van der Waals surface area (Å²) >= 11 is 14.0. The van der Waals surface area contributed by atoms with E-state index in [1.54, 1.807) is 4.90 Å². The first-order valence-electron chi connectivity index (χ1n) is 12.3. The highest BCUT2D eigenvalue weighted by Crippen LogP contribution is 2.45. The van der Waals surface area contributed by atoms with E-state index in [0.29, 0.717) is 11.8 Å². The number of piperidine rings is 2. The number of fused-ring (bicyclic) bond motifs is 1. The van der Waals surface area contributed by atoms with Crippen LogP contribution in [0.25, 0.3) is 0 Å². The van der Waals surface area contributed by atoms with E-state index in [9.17, 15) is 4.79 Å². The predicted octanol–water partition coefficient (Wildman–Crippen LogP) is 6.25. The molecule has 2 unspecified atom stereocenters. The van der Waals surface area contributed by atoms with E-state index in [2.05, 4.69) is 55.0 Å². The van der Waals surface area contributed by atoms with Gasteiger partial charge in [0.1, 0.15) is 0 Å². The van der Waals surface area contributed by atoms with Crippen LogP contribution >= 0.6 is 43.5 Å². The quantitative estimate of drug-likeness (QED) is 0.403. The third-order valence-electron chi connectivity index (χ3n) is 8.00. The van der Waals surface area contributed by atoms with Crippen LogP contribution in [0.2, 0.25) is 5.02 Å². The normalized spacial score (nSPS) is 26.7. The fraction of sp³-hybridized carbons (Fsp3) is 0.538. The first-order valence-corrected chi connectivity index (χ1v) is 14.3. The number of hydrogen-bond acceptors (Lipinski definition) is 3. The van der Waals surface area contributed by atoms with Crippen LogP contribution < -0.4 is 5.73 Å². The Morgan fingerprint density at radius 1 is 1.06 bits per heavy atom. The van der Waals surface area contributed by atoms with Crippen molar-refractivity contribution >= 4 is 55.7 Å². The summed E-state index contributed by atoms with van der Waals surface area (Å²) in [5.41, 5.74) is 10.6. The summed E-state index contributed by atoms with van der Waals surface area (Å²) in [6.07, 6.45) is 12.9. The van der Waals surface area contributed by atoms with Crippen molar-refractivity contribution in [3.63, 3.8) is 0 Å². The fourth-order valence-electron chi connectivity index (χ4n) is 6.19. The Balaban J connectivity index is 1.40. The zero-order valence-corrected chi connectivity index (χ0v) is 23.2. The molecule has 0 aromatic heterocycles. The van der Waals surface area contributed by atoms with Crippen molar-refractivity contribution in [3.05, 3.63) is 56.2 Å². The van der Waals surface area contributed by atoms with Crippen LogP contribution in [0.15, 0.2) is 45.0 Å². The number of halogens is 3. The number of carbonyl (C=O) groups excluding carboxylic acids is 1. The first-order chi connectivity index (χ1) is 16.4. The number of alkyl halides is 1. The van der Waals surface area contributed by atoms with Gasteiger partial charge in [-0.25, -0.2) is 4.79 Å². The molecule has 0 saturated carbocycles. The number of hydrogen-bond donors (Lipinski definition) is 1. The zero-order valence-electron chi connectivity index (χ0n) is 19.2. The largest absolute Gasteiger partial charge is 0.351 e. The Hall–Kier alpha value is -1.15. The molecule has 8 heteroatoms. The molecule has 0 bridgehead atoms. The molecule has 4 aliphatic rings. The summed E-state index contributed by atoms with van der Waals surface area (Å²) in [6, 6.07) is 4.01. The van der Waals surface area contributed by atoms with E-state index in [0.717, 1.165) is 61.4 Å². The number of rotatable bonds is 2. The van der Waals surface area contributed by atoms with Crippen LogP contribution in [-0.2, 0) is 6.42 Å². The monoisotopic (exact) mass is 608 g/mol. The Morgan fingerprint density at radius 2 is 1.74 bits per heavy atom. The molecule has 2 saturated heterocycles. The lowest BCUT2D eigenvalue weighted by atomic mass is 9.78. The first kappa shape index (κ1) is 24.5. The molecule has 1 aromatic carbocycles. The van der Waals surface area contributed by atoms with E-state index in [1.807, 2.05) is 12.3 Å². The molecule has 5 nitrogen and oxygen atoms in total. The molecule has 3 aliphatic heterocycles. The summed E-state index contributed by atoms with van der Waals surface area (Å²) in [7, 11) is 0. The molecular formula is C26H31Br2ClN4O. The van der Waals surface area contributed by atoms with Crippen molar-refractivity contribution in [1.82, 2.24) is 9.80 Å². The lowest BCUT2D eigenvalue weighted by Crippen LogP contribution is -2.45. The topological polar surface area (TPSA) is 61.9 Å². The van der Waals surface area contributed by atoms with Crippen molar-refractivity contribution in [2.45, 2.75) is 49.4 Å². The van der Waals surface area contributed by atoms with Crippen molar-refractivity contribution in [1.29, 1.82) is 0 Å². The van der Waals surface area contributed by atoms with Gasteiger partial charge in [-0.3, -0.25) is 9.89 Å². The van der Waals surface area contributed by atoms with Crippen LogP contribution in [0.5, 0.6) is 0 Å². The number of urea groups is 1. The lowest BCUT2D eigenvalue weighted by Gasteiger charge is -2.42. The van der Waals surface area contributed by atoms with Crippen molar-refractivity contribution < 1.29 is 4.79 Å². The minimum Gasteiger partial charge on any atom is -0.351 e. The molecule has 2 atom stereocenters. The number of carbonyl (C=O) groups is 1. The highest BCUT2D eigenvalue weighted by Gasteiger charge is 2.37. The standard InChI is InChI=1S/C26H31Br2ClN4O/c27-20-4-3-18-1-2-19-13-21(29)14-22(28)23(19)25(24(18)31-15-20)32-9-5-16(6-10-32)17-7-11-33(12-8-17)26(30)34/h3-4,13-17,20,25H,1-2,5-12H2,(H2,30,34). The van der Waals surface area contributed by atoms with Gasteiger partial charge in [0.25, 0.3) is 0 Å². The molecule has 5 rings (SSSR count). The Bertz CT molecular complexity index is 1040. The van der Waals surface area contributed by atoms with Crippen molar-refractivity contribution in [2.75, 3.05) is 26.2 Å². The van der Waals surface area contributed by atoms with Crippen LogP contribution in [0.3, 0.4) is 0 Å². The number of nitrogens with two attached hydrogens (primary N) is 1. The Morgan fingerprint density at radius 3 is 2.41 bits per heavy atom. The van der Waals surface area contributed by atoms with Crippen LogP contribution in [0.4, 0.5) is 4.79 Å². The predicted molar refractivity (Wildman–Crippen MR) is 146 cm³/mol. The number of aryl methyl sites for hydroxylation is 1. The second kappa shape index (κ2) is 10.5. The Labute approximate surface area is 223 Å². The third kappa shape index (κ3) is 5.04. The van der Waals surface area contributed by atoms with Crippen LogP contribution in [-0.4, -0.2) is 53.1 Å². The SMILES string of the molecule is NC(=O)N1CCC(C2CCN(C3C4=C(C=CC(Br)C=N4)CCc4cc(Cl)cc(Br)c43)CC2)CC1. The van der Waals surface area contributed by atoms with Crippen LogP contribution in [0, 0.1) is 11.8 Å². The molecule has 34 heavy (non-hydrogen) atoms. The van der Waals surface area contributed by atoms with Gasteiger partial charge in [0.15, 0.2) is 0 Å². The lowest BCUT2D eigenvalue weighted by molar-refractivity contribution is 0.0906. The maximum Gasteiger partial charge on any atom is 0.314 e. The van der Waals surface area contributed by atoms with Gasteiger partial charge in [-0.05, 0) is 92.3 Å². The van der Waals surface area contributed by atoms with E-state index >= 15 is 0 Å². The highest BCUT2D eigenvalue weighted by atomic mass is 79.9. The number of benzene rings is 1. The van der Waals surface area contributed by atoms with Crippen molar-refractivity contribution in [2.24, 2.45) is 22.6 Å². The number of primary amides is 1. The molecule has 1 aromatic rings. The highest BCUT2D eigenvalue weighted by molar-refractivity contribution is 9.10. The van der Waals surface area contributed by atoms with Gasteiger partial charge in [0.05, 0.1) is 16.6 Å². The maximum atomic E-state index is 11.5. The number of nitrogens with zero attached hydrogens (tertiary/aromatic N) is 3. The summed E-state index contributed by atoms with van der Waals surface area (Å²) in [4.78, 5) is 21.1. The number of aliphatic imine (C=N–C) groups is 1. The summed E-state index contributed by atoms with van der Waals surface area (Å²) < 4.78 is 1.08. The van der Waals surface area contributed by atoms with Gasteiger partial charge >= 0.3 is 6.03 Å². The fourth-order valence-corrected chi connectivity index (χ4v) is 7.55. The average molecular weight is 611 g/mol. The summed E-state index contributed by atoms with van der Waals surface area (Å²) in [6.45, 7) is 3.70. The molecule has 0 radical (unpaired) electrons. The minimum absolute atomic E-state index is 0.121. The van der Waals surface area contributed by atoms with Crippen molar-refractivity contribution in [3.8, 4) is 0 Å². The van der Waals surface area contributed by atoms with E-state index < -0.39 is 0 Å². The van der Waals surface area contributed by atoms with Crippen LogP contribution in [0.1, 0.15) is 49.3 Å². The third-order valence-corrected chi connectivity index (χ3v) is 9.42. The second-order valence-corrected chi connectivity index (χ2v) is 12.2. The molecule has 3 heterocycles. The van der Waals surface area contributed by atoms with Gasteiger partial charge in [-0.15, -0.1) is 0 Å². The molecule has 0 spiro atoms. The van der Waals surface area contributed by atoms with Gasteiger partial charge in [-0.1, -0.05) is 55.6 Å². The number of amides is 2. The molecule has 2 N–H and O–H groups in total. The summed E-state index contributed by atoms with van der Waals surface area (Å²) in [5, 5.41) is 0.780. The maximum absolute atomic E-state index is 11.5.